The molecule has 2 atom stereocenters. The Bertz CT molecular complexity index is 537. The molecule has 1 aromatic carbocycles. The number of nitrogens with zero attached hydrogens (tertiary/aromatic N) is 1. The molecule has 4 nitrogen and oxygen atoms in total. The molecule has 0 aromatic heterocycles. The van der Waals surface area contributed by atoms with E-state index in [0.29, 0.717) is 11.4 Å². The molecule has 1 aromatic rings. The predicted octanol–water partition coefficient (Wildman–Crippen LogP) is 2.66. The summed E-state index contributed by atoms with van der Waals surface area (Å²) < 4.78 is 27.1. The van der Waals surface area contributed by atoms with Gasteiger partial charge in [0.2, 0.25) is 10.0 Å². The van der Waals surface area contributed by atoms with E-state index in [9.17, 15) is 8.42 Å². The van der Waals surface area contributed by atoms with Gasteiger partial charge in [0.1, 0.15) is 0 Å². The van der Waals surface area contributed by atoms with Crippen LogP contribution in [-0.2, 0) is 10.0 Å². The van der Waals surface area contributed by atoms with Crippen LogP contribution in [-0.4, -0.2) is 25.3 Å². The molecule has 2 unspecified atom stereocenters. The molecule has 1 aliphatic rings. The van der Waals surface area contributed by atoms with E-state index in [2.05, 4.69) is 0 Å². The third-order valence-electron chi connectivity index (χ3n) is 4.00. The molecule has 1 fully saturated rings. The first kappa shape index (κ1) is 15.5. The summed E-state index contributed by atoms with van der Waals surface area (Å²) in [6, 6.07) is 6.96. The van der Waals surface area contributed by atoms with Crippen molar-refractivity contribution in [3.8, 4) is 0 Å². The van der Waals surface area contributed by atoms with Crippen LogP contribution >= 0.6 is 0 Å². The lowest BCUT2D eigenvalue weighted by Crippen LogP contribution is -2.38. The number of nitrogens with two attached hydrogens (primary N) is 1. The number of benzene rings is 1. The highest BCUT2D eigenvalue weighted by Crippen LogP contribution is 2.25. The van der Waals surface area contributed by atoms with Gasteiger partial charge in [-0.1, -0.05) is 25.0 Å². The van der Waals surface area contributed by atoms with Gasteiger partial charge >= 0.3 is 0 Å². The first-order valence-corrected chi connectivity index (χ1v) is 8.74. The molecule has 1 heterocycles. The number of hydrogen-bond acceptors (Lipinski definition) is 3. The maximum absolute atomic E-state index is 12.7. The Hall–Kier alpha value is -0.910. The molecule has 0 bridgehead atoms. The lowest BCUT2D eigenvalue weighted by molar-refractivity contribution is 0.342. The second kappa shape index (κ2) is 6.24. The fourth-order valence-corrected chi connectivity index (χ4v) is 4.38. The molecule has 1 aliphatic heterocycles. The van der Waals surface area contributed by atoms with Crippen molar-refractivity contribution in [1.29, 1.82) is 0 Å². The second-order valence-corrected chi connectivity index (χ2v) is 7.56. The van der Waals surface area contributed by atoms with Crippen LogP contribution in [0.1, 0.15) is 51.1 Å². The van der Waals surface area contributed by atoms with Crippen LogP contribution in [0.4, 0.5) is 0 Å². The molecule has 2 rings (SSSR count). The highest BCUT2D eigenvalue weighted by molar-refractivity contribution is 7.89. The molecule has 1 saturated heterocycles. The third-order valence-corrected chi connectivity index (χ3v) is 6.03. The van der Waals surface area contributed by atoms with Gasteiger partial charge in [0, 0.05) is 18.6 Å². The Kier molecular flexibility index (Phi) is 4.83. The van der Waals surface area contributed by atoms with Crippen LogP contribution in [0.15, 0.2) is 29.2 Å². The topological polar surface area (TPSA) is 63.4 Å². The van der Waals surface area contributed by atoms with Crippen molar-refractivity contribution in [2.75, 3.05) is 6.54 Å². The molecule has 0 aliphatic carbocycles. The van der Waals surface area contributed by atoms with Gasteiger partial charge in [0.05, 0.1) is 4.90 Å². The zero-order valence-electron chi connectivity index (χ0n) is 12.2. The Balaban J connectivity index is 2.28. The number of rotatable bonds is 3. The van der Waals surface area contributed by atoms with E-state index >= 15 is 0 Å². The highest BCUT2D eigenvalue weighted by atomic mass is 32.2. The number of hydrogen-bond donors (Lipinski definition) is 1. The largest absolute Gasteiger partial charge is 0.324 e. The first-order chi connectivity index (χ1) is 9.43. The summed E-state index contributed by atoms with van der Waals surface area (Å²) in [6.45, 7) is 4.51. The van der Waals surface area contributed by atoms with Gasteiger partial charge in [0.15, 0.2) is 0 Å². The number of sulfonamides is 1. The van der Waals surface area contributed by atoms with Crippen molar-refractivity contribution in [3.63, 3.8) is 0 Å². The molecular weight excluding hydrogens is 272 g/mol. The third kappa shape index (κ3) is 3.22. The van der Waals surface area contributed by atoms with Gasteiger partial charge in [-0.25, -0.2) is 8.42 Å². The van der Waals surface area contributed by atoms with Crippen molar-refractivity contribution in [2.24, 2.45) is 5.73 Å². The highest BCUT2D eigenvalue weighted by Gasteiger charge is 2.29. The summed E-state index contributed by atoms with van der Waals surface area (Å²) in [5.74, 6) is 0. The van der Waals surface area contributed by atoms with Gasteiger partial charge in [0.25, 0.3) is 0 Å². The van der Waals surface area contributed by atoms with Crippen LogP contribution < -0.4 is 5.73 Å². The van der Waals surface area contributed by atoms with Crippen LogP contribution in [0, 0.1) is 0 Å². The molecule has 20 heavy (non-hydrogen) atoms. The summed E-state index contributed by atoms with van der Waals surface area (Å²) in [7, 11) is -3.38. The van der Waals surface area contributed by atoms with E-state index < -0.39 is 10.0 Å². The minimum atomic E-state index is -3.38. The predicted molar refractivity (Wildman–Crippen MR) is 80.9 cm³/mol. The average Bonchev–Trinajstić information content (AvgIpc) is 2.64. The van der Waals surface area contributed by atoms with Crippen LogP contribution in [0.3, 0.4) is 0 Å². The van der Waals surface area contributed by atoms with Gasteiger partial charge in [-0.15, -0.1) is 0 Å². The molecule has 0 radical (unpaired) electrons. The Labute approximate surface area is 122 Å². The average molecular weight is 296 g/mol. The van der Waals surface area contributed by atoms with Crippen molar-refractivity contribution in [1.82, 2.24) is 4.31 Å². The van der Waals surface area contributed by atoms with Gasteiger partial charge in [-0.05, 0) is 44.4 Å². The van der Waals surface area contributed by atoms with E-state index in [1.54, 1.807) is 28.6 Å². The quantitative estimate of drug-likeness (QED) is 0.932. The summed E-state index contributed by atoms with van der Waals surface area (Å²) in [5.41, 5.74) is 6.75. The Morgan fingerprint density at radius 1 is 1.20 bits per heavy atom. The van der Waals surface area contributed by atoms with Crippen LogP contribution in [0.5, 0.6) is 0 Å². The maximum Gasteiger partial charge on any atom is 0.243 e. The minimum Gasteiger partial charge on any atom is -0.324 e. The van der Waals surface area contributed by atoms with E-state index in [4.69, 9.17) is 5.73 Å². The smallest absolute Gasteiger partial charge is 0.243 e. The van der Waals surface area contributed by atoms with Gasteiger partial charge in [-0.2, -0.15) is 4.31 Å². The van der Waals surface area contributed by atoms with Crippen molar-refractivity contribution >= 4 is 10.0 Å². The summed E-state index contributed by atoms with van der Waals surface area (Å²) >= 11 is 0. The van der Waals surface area contributed by atoms with E-state index in [1.807, 2.05) is 13.8 Å². The van der Waals surface area contributed by atoms with Crippen molar-refractivity contribution in [3.05, 3.63) is 29.8 Å². The fourth-order valence-electron chi connectivity index (χ4n) is 2.68. The first-order valence-electron chi connectivity index (χ1n) is 7.30. The van der Waals surface area contributed by atoms with E-state index in [-0.39, 0.29) is 12.1 Å². The van der Waals surface area contributed by atoms with Gasteiger partial charge in [-0.3, -0.25) is 0 Å². The van der Waals surface area contributed by atoms with E-state index in [1.165, 1.54) is 0 Å². The second-order valence-electron chi connectivity index (χ2n) is 5.67. The summed E-state index contributed by atoms with van der Waals surface area (Å²) in [6.07, 6.45) is 4.11. The Morgan fingerprint density at radius 3 is 2.45 bits per heavy atom. The lowest BCUT2D eigenvalue weighted by atomic mass is 10.1. The molecule has 112 valence electrons. The molecule has 0 saturated carbocycles. The van der Waals surface area contributed by atoms with Gasteiger partial charge < -0.3 is 5.73 Å². The molecule has 2 N–H and O–H groups in total. The van der Waals surface area contributed by atoms with Crippen LogP contribution in [0.2, 0.25) is 0 Å². The lowest BCUT2D eigenvalue weighted by Gasteiger charge is -2.26. The molecule has 0 spiro atoms. The zero-order chi connectivity index (χ0) is 14.8. The zero-order valence-corrected chi connectivity index (χ0v) is 13.1. The monoisotopic (exact) mass is 296 g/mol. The molecular formula is C15H24N2O2S. The Morgan fingerprint density at radius 2 is 1.85 bits per heavy atom. The van der Waals surface area contributed by atoms with Crippen molar-refractivity contribution < 1.29 is 8.42 Å². The fraction of sp³-hybridized carbons (Fsp3) is 0.600. The maximum atomic E-state index is 12.7. The molecule has 5 heteroatoms. The summed E-state index contributed by atoms with van der Waals surface area (Å²) in [4.78, 5) is 0.371. The normalized spacial score (nSPS) is 23.2. The SMILES string of the molecule is CC(N)c1ccc(S(=O)(=O)N2CCCCCC2C)cc1. The summed E-state index contributed by atoms with van der Waals surface area (Å²) in [5, 5.41) is 0. The minimum absolute atomic E-state index is 0.0793. The van der Waals surface area contributed by atoms with E-state index in [0.717, 1.165) is 31.2 Å². The van der Waals surface area contributed by atoms with Crippen molar-refractivity contribution in [2.45, 2.75) is 56.5 Å². The molecule has 0 amide bonds. The van der Waals surface area contributed by atoms with Crippen LogP contribution in [0.25, 0.3) is 0 Å². The standard InChI is InChI=1S/C15H24N2O2S/c1-12-6-4-3-5-11-17(12)20(18,19)15-9-7-14(8-10-15)13(2)16/h7-10,12-13H,3-6,11,16H2,1-2H3.